The molecule has 0 aromatic heterocycles. The van der Waals surface area contributed by atoms with Gasteiger partial charge in [0.25, 0.3) is 5.69 Å². The van der Waals surface area contributed by atoms with Gasteiger partial charge < -0.3 is 15.3 Å². The zero-order valence-electron chi connectivity index (χ0n) is 15.8. The van der Waals surface area contributed by atoms with E-state index in [1.165, 1.54) is 12.1 Å². The fourth-order valence-corrected chi connectivity index (χ4v) is 3.22. The number of carbonyl (C=O) groups is 1. The normalized spacial score (nSPS) is 14.7. The van der Waals surface area contributed by atoms with E-state index in [9.17, 15) is 20.0 Å². The molecule has 1 saturated heterocycles. The number of carbonyl (C=O) groups excluding carboxylic acids is 1. The second-order valence-electron chi connectivity index (χ2n) is 6.90. The van der Waals surface area contributed by atoms with Crippen LogP contribution in [0.5, 0.6) is 5.75 Å². The second-order valence-corrected chi connectivity index (χ2v) is 6.90. The van der Waals surface area contributed by atoms with E-state index in [1.54, 1.807) is 18.2 Å². The Morgan fingerprint density at radius 1 is 1.14 bits per heavy atom. The highest BCUT2D eigenvalue weighted by Gasteiger charge is 2.18. The molecule has 0 saturated carbocycles. The molecule has 1 aliphatic heterocycles. The summed E-state index contributed by atoms with van der Waals surface area (Å²) in [7, 11) is 0. The van der Waals surface area contributed by atoms with E-state index in [1.807, 2.05) is 19.1 Å². The summed E-state index contributed by atoms with van der Waals surface area (Å²) >= 11 is 0. The lowest BCUT2D eigenvalue weighted by Crippen LogP contribution is -2.47. The van der Waals surface area contributed by atoms with Crippen molar-refractivity contribution in [2.45, 2.75) is 13.3 Å². The van der Waals surface area contributed by atoms with Crippen molar-refractivity contribution in [2.75, 3.05) is 42.9 Å². The Morgan fingerprint density at radius 2 is 1.82 bits per heavy atom. The predicted molar refractivity (Wildman–Crippen MR) is 108 cm³/mol. The number of hydrogen-bond acceptors (Lipinski definition) is 6. The number of rotatable bonds is 6. The van der Waals surface area contributed by atoms with E-state index >= 15 is 0 Å². The Balaban J connectivity index is 1.46. The highest BCUT2D eigenvalue weighted by atomic mass is 16.6. The van der Waals surface area contributed by atoms with Crippen LogP contribution in [0.1, 0.15) is 12.0 Å². The number of aryl methyl sites for hydroxylation is 1. The number of non-ortho nitro benzene ring substituents is 1. The van der Waals surface area contributed by atoms with Crippen LogP contribution in [0.3, 0.4) is 0 Å². The Bertz CT molecular complexity index is 846. The molecule has 0 radical (unpaired) electrons. The molecule has 0 unspecified atom stereocenters. The van der Waals surface area contributed by atoms with Gasteiger partial charge in [-0.05, 0) is 36.8 Å². The molecule has 8 heteroatoms. The Labute approximate surface area is 163 Å². The van der Waals surface area contributed by atoms with Gasteiger partial charge in [0.05, 0.1) is 10.6 Å². The highest BCUT2D eigenvalue weighted by Crippen LogP contribution is 2.22. The zero-order valence-corrected chi connectivity index (χ0v) is 15.8. The van der Waals surface area contributed by atoms with Crippen molar-refractivity contribution in [3.8, 4) is 5.75 Å². The molecule has 28 heavy (non-hydrogen) atoms. The first-order chi connectivity index (χ1) is 13.4. The van der Waals surface area contributed by atoms with Crippen LogP contribution in [0.2, 0.25) is 0 Å². The summed E-state index contributed by atoms with van der Waals surface area (Å²) in [6, 6.07) is 11.6. The van der Waals surface area contributed by atoms with E-state index in [2.05, 4.69) is 15.1 Å². The van der Waals surface area contributed by atoms with Gasteiger partial charge in [0.1, 0.15) is 5.75 Å². The molecule has 0 spiro atoms. The first kappa shape index (κ1) is 19.6. The summed E-state index contributed by atoms with van der Waals surface area (Å²) in [6.45, 7) is 5.87. The molecule has 0 aliphatic carbocycles. The van der Waals surface area contributed by atoms with E-state index in [-0.39, 0.29) is 17.3 Å². The molecule has 1 aliphatic rings. The maximum Gasteiger partial charge on any atom is 0.271 e. The average molecular weight is 384 g/mol. The third kappa shape index (κ3) is 4.98. The second kappa shape index (κ2) is 8.71. The van der Waals surface area contributed by atoms with Gasteiger partial charge >= 0.3 is 0 Å². The van der Waals surface area contributed by atoms with Crippen molar-refractivity contribution in [1.82, 2.24) is 4.90 Å². The van der Waals surface area contributed by atoms with Crippen molar-refractivity contribution >= 4 is 23.0 Å². The van der Waals surface area contributed by atoms with Gasteiger partial charge in [-0.1, -0.05) is 6.07 Å². The number of phenolic OH excluding ortho intramolecular Hbond substituents is 1. The zero-order chi connectivity index (χ0) is 20.1. The number of anilines is 2. The van der Waals surface area contributed by atoms with Crippen molar-refractivity contribution < 1.29 is 14.8 Å². The number of aromatic hydroxyl groups is 1. The molecule has 1 heterocycles. The summed E-state index contributed by atoms with van der Waals surface area (Å²) in [4.78, 5) is 27.2. The third-order valence-electron chi connectivity index (χ3n) is 4.95. The number of piperazine rings is 1. The first-order valence-electron chi connectivity index (χ1n) is 9.23. The van der Waals surface area contributed by atoms with Crippen LogP contribution in [-0.4, -0.2) is 53.6 Å². The van der Waals surface area contributed by atoms with Crippen LogP contribution in [0.25, 0.3) is 0 Å². The number of hydrogen-bond donors (Lipinski definition) is 2. The smallest absolute Gasteiger partial charge is 0.271 e. The minimum Gasteiger partial charge on any atom is -0.508 e. The predicted octanol–water partition coefficient (Wildman–Crippen LogP) is 2.76. The topological polar surface area (TPSA) is 99.0 Å². The quantitative estimate of drug-likeness (QED) is 0.587. The minimum atomic E-state index is -0.470. The molecule has 2 aromatic carbocycles. The molecular weight excluding hydrogens is 360 g/mol. The molecule has 0 atom stereocenters. The van der Waals surface area contributed by atoms with Gasteiger partial charge in [0.2, 0.25) is 5.91 Å². The van der Waals surface area contributed by atoms with Gasteiger partial charge in [0, 0.05) is 57.0 Å². The van der Waals surface area contributed by atoms with Crippen molar-refractivity contribution in [3.05, 3.63) is 58.1 Å². The number of benzene rings is 2. The van der Waals surface area contributed by atoms with Crippen LogP contribution < -0.4 is 10.2 Å². The van der Waals surface area contributed by atoms with Crippen LogP contribution in [0, 0.1) is 17.0 Å². The van der Waals surface area contributed by atoms with Crippen LogP contribution in [0.4, 0.5) is 17.1 Å². The van der Waals surface area contributed by atoms with Crippen molar-refractivity contribution in [3.63, 3.8) is 0 Å². The minimum absolute atomic E-state index is 0.0359. The monoisotopic (exact) mass is 384 g/mol. The SMILES string of the molecule is Cc1ccc([N+](=O)[O-])cc1NC(=O)CCN1CCN(c2ccc(O)cc2)CC1. The van der Waals surface area contributed by atoms with Gasteiger partial charge in [-0.15, -0.1) is 0 Å². The maximum atomic E-state index is 12.3. The number of nitro groups is 1. The number of nitrogens with one attached hydrogen (secondary N) is 1. The summed E-state index contributed by atoms with van der Waals surface area (Å²) in [5.74, 6) is 0.108. The standard InChI is InChI=1S/C20H24N4O4/c1-15-2-3-17(24(27)28)14-19(15)21-20(26)8-9-22-10-12-23(13-11-22)16-4-6-18(25)7-5-16/h2-7,14,25H,8-13H2,1H3,(H,21,26). The number of nitro benzene ring substituents is 1. The molecule has 8 nitrogen and oxygen atoms in total. The van der Waals surface area contributed by atoms with E-state index < -0.39 is 4.92 Å². The molecule has 1 amide bonds. The Morgan fingerprint density at radius 3 is 2.46 bits per heavy atom. The number of amides is 1. The molecule has 148 valence electrons. The fraction of sp³-hybridized carbons (Fsp3) is 0.350. The van der Waals surface area contributed by atoms with Crippen LogP contribution >= 0.6 is 0 Å². The highest BCUT2D eigenvalue weighted by molar-refractivity contribution is 5.92. The lowest BCUT2D eigenvalue weighted by atomic mass is 10.1. The van der Waals surface area contributed by atoms with E-state index in [0.29, 0.717) is 18.7 Å². The van der Waals surface area contributed by atoms with Gasteiger partial charge in [-0.2, -0.15) is 0 Å². The summed E-state index contributed by atoms with van der Waals surface area (Å²) < 4.78 is 0. The summed E-state index contributed by atoms with van der Waals surface area (Å²) in [6.07, 6.45) is 0.335. The number of phenols is 1. The lowest BCUT2D eigenvalue weighted by Gasteiger charge is -2.36. The molecule has 3 rings (SSSR count). The van der Waals surface area contributed by atoms with Crippen LogP contribution in [-0.2, 0) is 4.79 Å². The maximum absolute atomic E-state index is 12.3. The number of nitrogens with zero attached hydrogens (tertiary/aromatic N) is 3. The van der Waals surface area contributed by atoms with Gasteiger partial charge in [-0.3, -0.25) is 19.8 Å². The Hall–Kier alpha value is -3.13. The summed E-state index contributed by atoms with van der Waals surface area (Å²) in [5.41, 5.74) is 2.32. The largest absolute Gasteiger partial charge is 0.508 e. The molecule has 2 aromatic rings. The van der Waals surface area contributed by atoms with Crippen molar-refractivity contribution in [1.29, 1.82) is 0 Å². The first-order valence-corrected chi connectivity index (χ1v) is 9.23. The average Bonchev–Trinajstić information content (AvgIpc) is 2.69. The summed E-state index contributed by atoms with van der Waals surface area (Å²) in [5, 5.41) is 23.1. The van der Waals surface area contributed by atoms with Gasteiger partial charge in [0.15, 0.2) is 0 Å². The van der Waals surface area contributed by atoms with E-state index in [4.69, 9.17) is 0 Å². The van der Waals surface area contributed by atoms with Crippen LogP contribution in [0.15, 0.2) is 42.5 Å². The van der Waals surface area contributed by atoms with E-state index in [0.717, 1.165) is 37.4 Å². The van der Waals surface area contributed by atoms with Crippen molar-refractivity contribution in [2.24, 2.45) is 0 Å². The third-order valence-corrected chi connectivity index (χ3v) is 4.95. The molecular formula is C20H24N4O4. The fourth-order valence-electron chi connectivity index (χ4n) is 3.22. The Kier molecular flexibility index (Phi) is 6.10. The lowest BCUT2D eigenvalue weighted by molar-refractivity contribution is -0.384. The molecule has 1 fully saturated rings. The molecule has 0 bridgehead atoms. The molecule has 2 N–H and O–H groups in total. The van der Waals surface area contributed by atoms with Gasteiger partial charge in [-0.25, -0.2) is 0 Å².